The van der Waals surface area contributed by atoms with Crippen LogP contribution in [-0.4, -0.2) is 18.0 Å². The van der Waals surface area contributed by atoms with Gasteiger partial charge in [-0.1, -0.05) is 25.1 Å². The molecule has 0 saturated carbocycles. The minimum atomic E-state index is -0.261. The summed E-state index contributed by atoms with van der Waals surface area (Å²) in [6, 6.07) is 9.13. The van der Waals surface area contributed by atoms with E-state index in [-0.39, 0.29) is 24.7 Å². The molecule has 0 saturated heterocycles. The normalized spacial score (nSPS) is 10.3. The molecule has 1 aromatic carbocycles. The van der Waals surface area contributed by atoms with Gasteiger partial charge in [-0.3, -0.25) is 9.59 Å². The molecule has 0 unspecified atom stereocenters. The minimum absolute atomic E-state index is 0.125. The highest BCUT2D eigenvalue weighted by atomic mass is 16.2. The van der Waals surface area contributed by atoms with E-state index in [1.165, 1.54) is 0 Å². The first kappa shape index (κ1) is 13.9. The standard InChI is InChI=1S/C13H17N3O2/c1-2-10-14-16-13(18)9-8-12(17)15-11-6-4-3-5-7-11/h3-7,10H,2,8-9H2,1H3,(H,15,17)(H,16,18)/b14-10+. The molecule has 5 heteroatoms. The number of hydrazone groups is 1. The van der Waals surface area contributed by atoms with Crippen molar-refractivity contribution in [3.05, 3.63) is 30.3 Å². The SMILES string of the molecule is CC/C=N/NC(=O)CCC(=O)Nc1ccccc1. The lowest BCUT2D eigenvalue weighted by molar-refractivity contribution is -0.124. The fraction of sp³-hybridized carbons (Fsp3) is 0.308. The first-order valence-corrected chi connectivity index (χ1v) is 5.87. The molecule has 0 heterocycles. The van der Waals surface area contributed by atoms with E-state index < -0.39 is 0 Å². The van der Waals surface area contributed by atoms with Crippen LogP contribution < -0.4 is 10.7 Å². The summed E-state index contributed by atoms with van der Waals surface area (Å²) in [5.74, 6) is -0.446. The topological polar surface area (TPSA) is 70.6 Å². The third kappa shape index (κ3) is 5.79. The molecule has 0 atom stereocenters. The Morgan fingerprint density at radius 2 is 1.83 bits per heavy atom. The van der Waals surface area contributed by atoms with Gasteiger partial charge in [-0.25, -0.2) is 5.43 Å². The molecule has 5 nitrogen and oxygen atoms in total. The molecule has 0 fully saturated rings. The molecular weight excluding hydrogens is 230 g/mol. The van der Waals surface area contributed by atoms with Crippen LogP contribution in [-0.2, 0) is 9.59 Å². The number of anilines is 1. The first-order valence-electron chi connectivity index (χ1n) is 5.87. The molecule has 0 aliphatic carbocycles. The van der Waals surface area contributed by atoms with E-state index in [0.717, 1.165) is 12.1 Å². The number of amides is 2. The Kier molecular flexibility index (Phi) is 6.17. The van der Waals surface area contributed by atoms with Crippen molar-refractivity contribution in [1.29, 1.82) is 0 Å². The Morgan fingerprint density at radius 3 is 2.50 bits per heavy atom. The number of rotatable bonds is 6. The molecule has 0 aromatic heterocycles. The Bertz CT molecular complexity index is 416. The molecular formula is C13H17N3O2. The zero-order valence-electron chi connectivity index (χ0n) is 10.3. The lowest BCUT2D eigenvalue weighted by Crippen LogP contribution is -2.20. The van der Waals surface area contributed by atoms with Gasteiger partial charge < -0.3 is 5.32 Å². The molecule has 0 radical (unpaired) electrons. The summed E-state index contributed by atoms with van der Waals surface area (Å²) in [4.78, 5) is 22.8. The molecule has 1 aromatic rings. The number of carbonyl (C=O) groups excluding carboxylic acids is 2. The maximum absolute atomic E-state index is 11.5. The van der Waals surface area contributed by atoms with Crippen molar-refractivity contribution in [2.24, 2.45) is 5.10 Å². The van der Waals surface area contributed by atoms with Crippen LogP contribution >= 0.6 is 0 Å². The van der Waals surface area contributed by atoms with Crippen molar-refractivity contribution < 1.29 is 9.59 Å². The number of hydrogen-bond acceptors (Lipinski definition) is 3. The van der Waals surface area contributed by atoms with Crippen LogP contribution in [0.1, 0.15) is 26.2 Å². The van der Waals surface area contributed by atoms with Gasteiger partial charge in [0.15, 0.2) is 0 Å². The Labute approximate surface area is 106 Å². The maximum atomic E-state index is 11.5. The quantitative estimate of drug-likeness (QED) is 0.595. The van der Waals surface area contributed by atoms with Crippen molar-refractivity contribution >= 4 is 23.7 Å². The second-order valence-corrected chi connectivity index (χ2v) is 3.67. The van der Waals surface area contributed by atoms with E-state index in [4.69, 9.17) is 0 Å². The largest absolute Gasteiger partial charge is 0.326 e. The van der Waals surface area contributed by atoms with Gasteiger partial charge >= 0.3 is 0 Å². The van der Waals surface area contributed by atoms with Crippen molar-refractivity contribution in [3.63, 3.8) is 0 Å². The molecule has 1 rings (SSSR count). The monoisotopic (exact) mass is 247 g/mol. The molecule has 0 spiro atoms. The highest BCUT2D eigenvalue weighted by Crippen LogP contribution is 2.05. The lowest BCUT2D eigenvalue weighted by Gasteiger charge is -2.04. The smallest absolute Gasteiger partial charge is 0.240 e. The van der Waals surface area contributed by atoms with E-state index in [1.54, 1.807) is 18.3 Å². The summed E-state index contributed by atoms with van der Waals surface area (Å²) in [6.07, 6.45) is 2.62. The first-order chi connectivity index (χ1) is 8.72. The molecule has 0 aliphatic rings. The number of benzene rings is 1. The van der Waals surface area contributed by atoms with Crippen LogP contribution in [0.2, 0.25) is 0 Å². The van der Waals surface area contributed by atoms with Crippen LogP contribution in [0.3, 0.4) is 0 Å². The summed E-state index contributed by atoms with van der Waals surface area (Å²) in [5, 5.41) is 6.40. The van der Waals surface area contributed by atoms with Gasteiger partial charge in [0.25, 0.3) is 0 Å². The summed E-state index contributed by atoms with van der Waals surface area (Å²) >= 11 is 0. The second kappa shape index (κ2) is 8.00. The van der Waals surface area contributed by atoms with Gasteiger partial charge in [-0.2, -0.15) is 5.10 Å². The van der Waals surface area contributed by atoms with Crippen molar-refractivity contribution in [3.8, 4) is 0 Å². The van der Waals surface area contributed by atoms with Crippen LogP contribution in [0, 0.1) is 0 Å². The highest BCUT2D eigenvalue weighted by molar-refractivity contribution is 5.93. The summed E-state index contributed by atoms with van der Waals surface area (Å²) in [6.45, 7) is 1.92. The van der Waals surface area contributed by atoms with Crippen molar-refractivity contribution in [2.45, 2.75) is 26.2 Å². The predicted molar refractivity (Wildman–Crippen MR) is 71.2 cm³/mol. The van der Waals surface area contributed by atoms with Crippen LogP contribution in [0.5, 0.6) is 0 Å². The molecule has 18 heavy (non-hydrogen) atoms. The third-order valence-corrected chi connectivity index (χ3v) is 2.10. The average molecular weight is 247 g/mol. The van der Waals surface area contributed by atoms with Crippen LogP contribution in [0.15, 0.2) is 35.4 Å². The van der Waals surface area contributed by atoms with Crippen molar-refractivity contribution in [1.82, 2.24) is 5.43 Å². The molecule has 96 valence electrons. The summed E-state index contributed by atoms with van der Waals surface area (Å²) < 4.78 is 0. The number of para-hydroxylation sites is 1. The zero-order valence-corrected chi connectivity index (χ0v) is 10.3. The summed E-state index contributed by atoms with van der Waals surface area (Å²) in [7, 11) is 0. The molecule has 0 aliphatic heterocycles. The maximum Gasteiger partial charge on any atom is 0.240 e. The van der Waals surface area contributed by atoms with E-state index in [1.807, 2.05) is 25.1 Å². The average Bonchev–Trinajstić information content (AvgIpc) is 2.38. The Hall–Kier alpha value is -2.17. The number of nitrogens with zero attached hydrogens (tertiary/aromatic N) is 1. The Balaban J connectivity index is 2.25. The van der Waals surface area contributed by atoms with Gasteiger partial charge in [0, 0.05) is 24.7 Å². The number of nitrogens with one attached hydrogen (secondary N) is 2. The number of carbonyl (C=O) groups is 2. The van der Waals surface area contributed by atoms with E-state index >= 15 is 0 Å². The highest BCUT2D eigenvalue weighted by Gasteiger charge is 2.06. The molecule has 2 N–H and O–H groups in total. The second-order valence-electron chi connectivity index (χ2n) is 3.67. The third-order valence-electron chi connectivity index (χ3n) is 2.10. The number of hydrogen-bond donors (Lipinski definition) is 2. The van der Waals surface area contributed by atoms with E-state index in [0.29, 0.717) is 0 Å². The van der Waals surface area contributed by atoms with Gasteiger partial charge in [0.05, 0.1) is 0 Å². The van der Waals surface area contributed by atoms with Crippen LogP contribution in [0.25, 0.3) is 0 Å². The molecule has 2 amide bonds. The van der Waals surface area contributed by atoms with Gasteiger partial charge in [-0.15, -0.1) is 0 Å². The van der Waals surface area contributed by atoms with Gasteiger partial charge in [0.1, 0.15) is 0 Å². The predicted octanol–water partition coefficient (Wildman–Crippen LogP) is 1.92. The van der Waals surface area contributed by atoms with Crippen molar-refractivity contribution in [2.75, 3.05) is 5.32 Å². The lowest BCUT2D eigenvalue weighted by atomic mass is 10.2. The van der Waals surface area contributed by atoms with Gasteiger partial charge in [0.2, 0.25) is 11.8 Å². The fourth-order valence-electron chi connectivity index (χ4n) is 1.24. The molecule has 0 bridgehead atoms. The van der Waals surface area contributed by atoms with Gasteiger partial charge in [-0.05, 0) is 18.6 Å². The Morgan fingerprint density at radius 1 is 1.17 bits per heavy atom. The fourth-order valence-corrected chi connectivity index (χ4v) is 1.24. The van der Waals surface area contributed by atoms with Crippen LogP contribution in [0.4, 0.5) is 5.69 Å². The minimum Gasteiger partial charge on any atom is -0.326 e. The zero-order chi connectivity index (χ0) is 13.2. The summed E-state index contributed by atoms with van der Waals surface area (Å²) in [5.41, 5.74) is 3.08. The van der Waals surface area contributed by atoms with E-state index in [2.05, 4.69) is 15.8 Å². The van der Waals surface area contributed by atoms with E-state index in [9.17, 15) is 9.59 Å².